The monoisotopic (exact) mass is 756 g/mol. The molecule has 0 spiro atoms. The SMILES string of the molecule is c1cc(-c2ccc(-c3cccc(-c4ccc5ccc6c(-c7cccc8ccccc78)ccc7ccc4c5c76)c3)cc2)cc(-c2ccc3ccc4cccc5ccc2c3c45)c1. The topological polar surface area (TPSA) is 0 Å². The van der Waals surface area contributed by atoms with Gasteiger partial charge in [0.1, 0.15) is 0 Å². The molecule has 0 atom stereocenters. The van der Waals surface area contributed by atoms with Crippen molar-refractivity contribution in [3.63, 3.8) is 0 Å². The summed E-state index contributed by atoms with van der Waals surface area (Å²) >= 11 is 0. The molecule has 0 aromatic heterocycles. The Kier molecular flexibility index (Phi) is 7.11. The smallest absolute Gasteiger partial charge is 0.00203 e. The van der Waals surface area contributed by atoms with Crippen LogP contribution in [0.3, 0.4) is 0 Å². The lowest BCUT2D eigenvalue weighted by molar-refractivity contribution is 1.58. The summed E-state index contributed by atoms with van der Waals surface area (Å²) in [6.07, 6.45) is 0. The molecule has 0 radical (unpaired) electrons. The maximum absolute atomic E-state index is 2.36. The van der Waals surface area contributed by atoms with E-state index in [-0.39, 0.29) is 0 Å². The van der Waals surface area contributed by atoms with Crippen LogP contribution < -0.4 is 0 Å². The number of fused-ring (bicyclic) bond motifs is 1. The number of benzene rings is 13. The largest absolute Gasteiger partial charge is 0.0616 e. The number of rotatable bonds is 5. The highest BCUT2D eigenvalue weighted by molar-refractivity contribution is 6.28. The van der Waals surface area contributed by atoms with E-state index in [1.807, 2.05) is 0 Å². The standard InChI is InChI=1S/C60H36/c1-2-15-49-39(7-1)8-6-16-52(49)53-31-25-44-27-33-55-51(30-24-43-28-34-56(53)60(44)59(43)55)48-14-5-12-46(36-48)38-19-17-37(18-20-38)45-11-4-13-47(35-45)50-29-23-42-22-21-40-9-3-10-41-26-32-54(50)58(42)57(40)41/h1-36H. The molecule has 0 saturated carbocycles. The van der Waals surface area contributed by atoms with Crippen molar-refractivity contribution >= 4 is 75.4 Å². The molecule has 0 unspecified atom stereocenters. The highest BCUT2D eigenvalue weighted by Crippen LogP contribution is 2.44. The van der Waals surface area contributed by atoms with Crippen molar-refractivity contribution in [1.29, 1.82) is 0 Å². The van der Waals surface area contributed by atoms with E-state index in [0.29, 0.717) is 0 Å². The molecule has 13 rings (SSSR count). The van der Waals surface area contributed by atoms with Crippen LogP contribution in [0.4, 0.5) is 0 Å². The summed E-state index contributed by atoms with van der Waals surface area (Å²) in [6, 6.07) is 81.3. The summed E-state index contributed by atoms with van der Waals surface area (Å²) in [5.41, 5.74) is 12.4. The van der Waals surface area contributed by atoms with E-state index < -0.39 is 0 Å². The van der Waals surface area contributed by atoms with Gasteiger partial charge in [-0.3, -0.25) is 0 Å². The highest BCUT2D eigenvalue weighted by atomic mass is 14.2. The lowest BCUT2D eigenvalue weighted by Gasteiger charge is -2.17. The summed E-state index contributed by atoms with van der Waals surface area (Å²) in [5.74, 6) is 0. The second kappa shape index (κ2) is 12.9. The summed E-state index contributed by atoms with van der Waals surface area (Å²) < 4.78 is 0. The van der Waals surface area contributed by atoms with Gasteiger partial charge < -0.3 is 0 Å². The van der Waals surface area contributed by atoms with Gasteiger partial charge in [-0.15, -0.1) is 0 Å². The molecule has 0 aliphatic heterocycles. The minimum absolute atomic E-state index is 1.21. The fraction of sp³-hybridized carbons (Fsp3) is 0. The first-order valence-corrected chi connectivity index (χ1v) is 20.9. The predicted molar refractivity (Wildman–Crippen MR) is 259 cm³/mol. The minimum atomic E-state index is 1.21. The second-order valence-electron chi connectivity index (χ2n) is 16.4. The van der Waals surface area contributed by atoms with Crippen LogP contribution >= 0.6 is 0 Å². The second-order valence-corrected chi connectivity index (χ2v) is 16.4. The van der Waals surface area contributed by atoms with Crippen LogP contribution in [0, 0.1) is 0 Å². The molecule has 0 aliphatic carbocycles. The van der Waals surface area contributed by atoms with Crippen LogP contribution in [0.2, 0.25) is 0 Å². The van der Waals surface area contributed by atoms with Gasteiger partial charge in [-0.2, -0.15) is 0 Å². The lowest BCUT2D eigenvalue weighted by atomic mass is 9.86. The van der Waals surface area contributed by atoms with Crippen molar-refractivity contribution in [3.8, 4) is 55.6 Å². The third kappa shape index (κ3) is 4.98. The zero-order valence-corrected chi connectivity index (χ0v) is 32.8. The quantitative estimate of drug-likeness (QED) is 0.153. The normalized spacial score (nSPS) is 12.0. The Morgan fingerprint density at radius 1 is 0.167 bits per heavy atom. The Morgan fingerprint density at radius 3 is 1.12 bits per heavy atom. The molecule has 0 bridgehead atoms. The Labute approximate surface area is 347 Å². The Morgan fingerprint density at radius 2 is 0.533 bits per heavy atom. The first-order chi connectivity index (χ1) is 29.7. The number of hydrogen-bond acceptors (Lipinski definition) is 0. The lowest BCUT2D eigenvalue weighted by Crippen LogP contribution is -1.90. The number of hydrogen-bond donors (Lipinski definition) is 0. The average Bonchev–Trinajstić information content (AvgIpc) is 3.32. The molecule has 0 heterocycles. The van der Waals surface area contributed by atoms with Crippen LogP contribution in [0.1, 0.15) is 0 Å². The van der Waals surface area contributed by atoms with Gasteiger partial charge in [0.25, 0.3) is 0 Å². The third-order valence-electron chi connectivity index (χ3n) is 13.2. The van der Waals surface area contributed by atoms with Gasteiger partial charge in [0.2, 0.25) is 0 Å². The molecule has 13 aromatic carbocycles. The molecule has 0 heteroatoms. The van der Waals surface area contributed by atoms with Crippen molar-refractivity contribution in [2.75, 3.05) is 0 Å². The summed E-state index contributed by atoms with van der Waals surface area (Å²) in [6.45, 7) is 0. The summed E-state index contributed by atoms with van der Waals surface area (Å²) in [7, 11) is 0. The van der Waals surface area contributed by atoms with Gasteiger partial charge in [-0.25, -0.2) is 0 Å². The van der Waals surface area contributed by atoms with Gasteiger partial charge >= 0.3 is 0 Å². The van der Waals surface area contributed by atoms with Crippen molar-refractivity contribution < 1.29 is 0 Å². The predicted octanol–water partition coefficient (Wildman–Crippen LogP) is 17.0. The van der Waals surface area contributed by atoms with E-state index in [1.54, 1.807) is 0 Å². The fourth-order valence-corrected chi connectivity index (χ4v) is 10.3. The van der Waals surface area contributed by atoms with Crippen molar-refractivity contribution in [3.05, 3.63) is 218 Å². The van der Waals surface area contributed by atoms with Crippen molar-refractivity contribution in [2.45, 2.75) is 0 Å². The zero-order chi connectivity index (χ0) is 39.3. The molecular weight excluding hydrogens is 721 g/mol. The molecule has 0 amide bonds. The maximum Gasteiger partial charge on any atom is -0.00203 e. The van der Waals surface area contributed by atoms with E-state index in [0.717, 1.165) is 0 Å². The van der Waals surface area contributed by atoms with Crippen LogP contribution in [-0.2, 0) is 0 Å². The Balaban J connectivity index is 0.864. The minimum Gasteiger partial charge on any atom is -0.0616 e. The van der Waals surface area contributed by atoms with E-state index >= 15 is 0 Å². The van der Waals surface area contributed by atoms with Crippen molar-refractivity contribution in [2.24, 2.45) is 0 Å². The van der Waals surface area contributed by atoms with E-state index in [2.05, 4.69) is 218 Å². The zero-order valence-electron chi connectivity index (χ0n) is 32.8. The van der Waals surface area contributed by atoms with E-state index in [9.17, 15) is 0 Å². The summed E-state index contributed by atoms with van der Waals surface area (Å²) in [4.78, 5) is 0. The average molecular weight is 757 g/mol. The van der Waals surface area contributed by atoms with Gasteiger partial charge in [0.05, 0.1) is 0 Å². The maximum atomic E-state index is 2.36. The first kappa shape index (κ1) is 33.2. The molecule has 276 valence electrons. The molecule has 0 aliphatic rings. The fourth-order valence-electron chi connectivity index (χ4n) is 10.3. The molecule has 0 saturated heterocycles. The molecule has 0 fully saturated rings. The molecule has 60 heavy (non-hydrogen) atoms. The van der Waals surface area contributed by atoms with Gasteiger partial charge in [-0.1, -0.05) is 206 Å². The van der Waals surface area contributed by atoms with Gasteiger partial charge in [0, 0.05) is 0 Å². The molecule has 0 N–H and O–H groups in total. The van der Waals surface area contributed by atoms with Crippen molar-refractivity contribution in [1.82, 2.24) is 0 Å². The molecule has 13 aromatic rings. The molecular formula is C60H36. The van der Waals surface area contributed by atoms with Crippen LogP contribution in [-0.4, -0.2) is 0 Å². The third-order valence-corrected chi connectivity index (χ3v) is 13.2. The van der Waals surface area contributed by atoms with Crippen LogP contribution in [0.5, 0.6) is 0 Å². The van der Waals surface area contributed by atoms with Crippen LogP contribution in [0.25, 0.3) is 131 Å². The van der Waals surface area contributed by atoms with E-state index in [4.69, 9.17) is 0 Å². The van der Waals surface area contributed by atoms with Crippen LogP contribution in [0.15, 0.2) is 218 Å². The summed E-state index contributed by atoms with van der Waals surface area (Å²) in [5, 5.41) is 18.3. The Bertz CT molecular complexity index is 3790. The first-order valence-electron chi connectivity index (χ1n) is 20.9. The Hall–Kier alpha value is -7.80. The van der Waals surface area contributed by atoms with E-state index in [1.165, 1.54) is 131 Å². The van der Waals surface area contributed by atoms with Gasteiger partial charge in [0.15, 0.2) is 0 Å². The highest BCUT2D eigenvalue weighted by Gasteiger charge is 2.17. The molecule has 0 nitrogen and oxygen atoms in total. The van der Waals surface area contributed by atoms with Gasteiger partial charge in [-0.05, 0) is 143 Å².